The Morgan fingerprint density at radius 2 is 1.80 bits per heavy atom. The van der Waals surface area contributed by atoms with Gasteiger partial charge in [-0.05, 0) is 88.6 Å². The highest BCUT2D eigenvalue weighted by atomic mass is 16.6. The van der Waals surface area contributed by atoms with E-state index in [9.17, 15) is 24.0 Å². The molecule has 0 unspecified atom stereocenters. The molecule has 1 aromatic heterocycles. The van der Waals surface area contributed by atoms with E-state index in [0.717, 1.165) is 16.7 Å². The molecule has 6 rings (SSSR count). The van der Waals surface area contributed by atoms with Crippen LogP contribution in [0.25, 0.3) is 0 Å². The molecular weight excluding hydrogens is 626 g/mol. The van der Waals surface area contributed by atoms with Gasteiger partial charge in [-0.15, -0.1) is 0 Å². The summed E-state index contributed by atoms with van der Waals surface area (Å²) in [5.41, 5.74) is 1.33. The Morgan fingerprint density at radius 3 is 2.51 bits per heavy atom. The predicted molar refractivity (Wildman–Crippen MR) is 183 cm³/mol. The molecule has 4 heterocycles. The molecule has 1 aromatic carbocycles. The molecule has 0 radical (unpaired) electrons. The fourth-order valence-corrected chi connectivity index (χ4v) is 7.69. The summed E-state index contributed by atoms with van der Waals surface area (Å²) >= 11 is 0. The largest absolute Gasteiger partial charge is 0.444 e. The van der Waals surface area contributed by atoms with Crippen molar-refractivity contribution >= 4 is 41.4 Å². The molecule has 3 N–H and O–H groups in total. The van der Waals surface area contributed by atoms with Crippen molar-refractivity contribution in [1.29, 1.82) is 0 Å². The van der Waals surface area contributed by atoms with Crippen LogP contribution in [0.2, 0.25) is 0 Å². The second kappa shape index (κ2) is 13.0. The maximum Gasteiger partial charge on any atom is 0.410 e. The number of fused-ring (bicyclic) bond motifs is 3. The lowest BCUT2D eigenvalue weighted by molar-refractivity contribution is -0.149. The molecule has 2 atom stereocenters. The molecule has 49 heavy (non-hydrogen) atoms. The van der Waals surface area contributed by atoms with Crippen molar-refractivity contribution in [3.63, 3.8) is 0 Å². The topological polar surface area (TPSA) is 153 Å². The summed E-state index contributed by atoms with van der Waals surface area (Å²) < 4.78 is 5.64. The normalized spacial score (nSPS) is 22.6. The van der Waals surface area contributed by atoms with Crippen LogP contribution in [0.1, 0.15) is 70.1 Å². The van der Waals surface area contributed by atoms with Crippen molar-refractivity contribution < 1.29 is 28.7 Å². The maximum atomic E-state index is 14.4. The first-order valence-corrected chi connectivity index (χ1v) is 17.2. The zero-order chi connectivity index (χ0) is 35.1. The van der Waals surface area contributed by atoms with Crippen molar-refractivity contribution in [2.45, 2.75) is 83.3 Å². The number of hydrogen-bond acceptors (Lipinski definition) is 7. The van der Waals surface area contributed by atoms with E-state index in [4.69, 9.17) is 4.74 Å². The number of nitrogens with zero attached hydrogens (tertiary/aromatic N) is 4. The van der Waals surface area contributed by atoms with Gasteiger partial charge >= 0.3 is 12.1 Å². The Morgan fingerprint density at radius 1 is 1.06 bits per heavy atom. The monoisotopic (exact) mass is 673 g/mol. The number of anilines is 2. The Bertz CT molecular complexity index is 1660. The van der Waals surface area contributed by atoms with Gasteiger partial charge in [-0.1, -0.05) is 19.1 Å². The Hall–Kier alpha value is -4.68. The number of rotatable bonds is 5. The first-order valence-electron chi connectivity index (χ1n) is 17.2. The maximum absolute atomic E-state index is 14.4. The van der Waals surface area contributed by atoms with Crippen LogP contribution in [0.15, 0.2) is 36.5 Å². The number of amides is 6. The lowest BCUT2D eigenvalue weighted by Crippen LogP contribution is -2.58. The van der Waals surface area contributed by atoms with E-state index in [0.29, 0.717) is 69.7 Å². The number of benzene rings is 1. The molecule has 1 aliphatic carbocycles. The number of ether oxygens (including phenoxy) is 1. The summed E-state index contributed by atoms with van der Waals surface area (Å²) in [5, 5.41) is 8.58. The van der Waals surface area contributed by atoms with Gasteiger partial charge < -0.3 is 35.4 Å². The van der Waals surface area contributed by atoms with Crippen molar-refractivity contribution in [2.24, 2.45) is 5.41 Å². The van der Waals surface area contributed by atoms with E-state index in [-0.39, 0.29) is 42.9 Å². The minimum absolute atomic E-state index is 0.0697. The third-order valence-corrected chi connectivity index (χ3v) is 10.4. The minimum atomic E-state index is -0.784. The molecule has 0 saturated carbocycles. The van der Waals surface area contributed by atoms with Crippen molar-refractivity contribution in [3.8, 4) is 0 Å². The molecule has 3 aliphatic heterocycles. The van der Waals surface area contributed by atoms with Gasteiger partial charge in [-0.2, -0.15) is 0 Å². The number of hydrogen-bond donors (Lipinski definition) is 3. The number of nitrogens with one attached hydrogen (secondary N) is 3. The molecule has 6 amide bonds. The molecule has 2 saturated heterocycles. The van der Waals surface area contributed by atoms with Crippen LogP contribution in [0, 0.1) is 5.41 Å². The predicted octanol–water partition coefficient (Wildman–Crippen LogP) is 3.68. The number of carbonyl (C=O) groups excluding carboxylic acids is 5. The Kier molecular flexibility index (Phi) is 9.06. The quantitative estimate of drug-likeness (QED) is 0.438. The summed E-state index contributed by atoms with van der Waals surface area (Å²) in [4.78, 5) is 75.9. The number of pyridine rings is 1. The van der Waals surface area contributed by atoms with Crippen LogP contribution in [0.4, 0.5) is 21.1 Å². The van der Waals surface area contributed by atoms with E-state index in [1.807, 2.05) is 58.0 Å². The van der Waals surface area contributed by atoms with Crippen molar-refractivity contribution in [2.75, 3.05) is 50.4 Å². The van der Waals surface area contributed by atoms with E-state index >= 15 is 0 Å². The fraction of sp³-hybridized carbons (Fsp3) is 0.556. The van der Waals surface area contributed by atoms with E-state index < -0.39 is 22.5 Å². The van der Waals surface area contributed by atoms with Gasteiger partial charge in [0.25, 0.3) is 0 Å². The van der Waals surface area contributed by atoms with Crippen LogP contribution in [0.5, 0.6) is 0 Å². The highest BCUT2D eigenvalue weighted by Crippen LogP contribution is 2.47. The number of aromatic nitrogens is 1. The Balaban J connectivity index is 1.19. The van der Waals surface area contributed by atoms with Crippen LogP contribution < -0.4 is 16.0 Å². The number of carbonyl (C=O) groups is 5. The zero-order valence-electron chi connectivity index (χ0n) is 29.1. The standard InChI is InChI=1S/C36H47N7O6/c1-34(2,3)49-33(48)42-15-7-8-26(21-42)43(31(46)35(4)12-16-41(17-13-35)32(47)37-5)22-28(44)39-25-11-10-23-19-36(20-24(23)18-25)27-9-6-14-38-29(27)40-30(36)45/h6,9-11,14,18,26H,7-8,12-13,15-17,19-22H2,1-5H3,(H,37,47)(H,39,44)(H,38,40,45)/t26-,36+/m0/s1. The Labute approximate surface area is 287 Å². The van der Waals surface area contributed by atoms with Gasteiger partial charge in [-0.3, -0.25) is 14.4 Å². The summed E-state index contributed by atoms with van der Waals surface area (Å²) in [6, 6.07) is 8.91. The SMILES string of the molecule is CNC(=O)N1CCC(C)(C(=O)N(CC(=O)Nc2ccc3c(c2)C[C@@]2(C3)C(=O)Nc3ncccc32)[C@H]2CCCN(C(=O)OC(C)(C)C)C2)CC1. The van der Waals surface area contributed by atoms with Gasteiger partial charge in [0, 0.05) is 56.1 Å². The van der Waals surface area contributed by atoms with Crippen molar-refractivity contribution in [1.82, 2.24) is 25.0 Å². The molecule has 0 bridgehead atoms. The van der Waals surface area contributed by atoms with Gasteiger partial charge in [0.2, 0.25) is 17.7 Å². The molecule has 13 heteroatoms. The molecule has 262 valence electrons. The summed E-state index contributed by atoms with van der Waals surface area (Å²) in [6.07, 6.45) is 4.48. The smallest absolute Gasteiger partial charge is 0.410 e. The highest BCUT2D eigenvalue weighted by molar-refractivity contribution is 6.06. The summed E-state index contributed by atoms with van der Waals surface area (Å²) in [7, 11) is 1.59. The second-order valence-electron chi connectivity index (χ2n) is 15.1. The van der Waals surface area contributed by atoms with Gasteiger partial charge in [0.15, 0.2) is 0 Å². The third-order valence-electron chi connectivity index (χ3n) is 10.4. The molecular formula is C36H47N7O6. The van der Waals surface area contributed by atoms with Gasteiger partial charge in [-0.25, -0.2) is 14.6 Å². The van der Waals surface area contributed by atoms with Crippen LogP contribution in [-0.2, 0) is 37.4 Å². The van der Waals surface area contributed by atoms with Crippen LogP contribution in [0.3, 0.4) is 0 Å². The average molecular weight is 674 g/mol. The molecule has 2 fully saturated rings. The third kappa shape index (κ3) is 6.80. The average Bonchev–Trinajstić information content (AvgIpc) is 3.58. The molecule has 4 aliphatic rings. The summed E-state index contributed by atoms with van der Waals surface area (Å²) in [6.45, 7) is 8.77. The summed E-state index contributed by atoms with van der Waals surface area (Å²) in [5.74, 6) is 0.0138. The minimum Gasteiger partial charge on any atom is -0.444 e. The highest BCUT2D eigenvalue weighted by Gasteiger charge is 2.51. The van der Waals surface area contributed by atoms with E-state index in [2.05, 4.69) is 20.9 Å². The van der Waals surface area contributed by atoms with Crippen LogP contribution in [-0.4, -0.2) is 101 Å². The number of piperidine rings is 2. The first kappa shape index (κ1) is 34.2. The van der Waals surface area contributed by atoms with Gasteiger partial charge in [0.1, 0.15) is 18.0 Å². The first-order chi connectivity index (χ1) is 23.2. The molecule has 2 aromatic rings. The number of urea groups is 1. The lowest BCUT2D eigenvalue weighted by atomic mass is 9.78. The van der Waals surface area contributed by atoms with Crippen LogP contribution >= 0.6 is 0 Å². The molecule has 1 spiro atoms. The lowest BCUT2D eigenvalue weighted by Gasteiger charge is -2.45. The fourth-order valence-electron chi connectivity index (χ4n) is 7.69. The van der Waals surface area contributed by atoms with Crippen molar-refractivity contribution in [3.05, 3.63) is 53.2 Å². The van der Waals surface area contributed by atoms with E-state index in [1.54, 1.807) is 27.9 Å². The molecule has 13 nitrogen and oxygen atoms in total. The zero-order valence-corrected chi connectivity index (χ0v) is 29.1. The van der Waals surface area contributed by atoms with Gasteiger partial charge in [0.05, 0.1) is 11.5 Å². The number of likely N-dealkylation sites (tertiary alicyclic amines) is 2. The van der Waals surface area contributed by atoms with E-state index in [1.165, 1.54) is 0 Å². The second-order valence-corrected chi connectivity index (χ2v) is 15.1.